The molecule has 12 heteroatoms. The van der Waals surface area contributed by atoms with E-state index in [4.69, 9.17) is 15.9 Å². The number of aromatic nitrogens is 2. The van der Waals surface area contributed by atoms with Gasteiger partial charge < -0.3 is 30.5 Å². The summed E-state index contributed by atoms with van der Waals surface area (Å²) in [6.45, 7) is 6.70. The van der Waals surface area contributed by atoms with Gasteiger partial charge in [-0.3, -0.25) is 4.79 Å². The molecule has 0 saturated heterocycles. The SMILES string of the molecule is C#CCOc1nc(Nc2cc(NC(=O)[C@@H](Cc3ccccc3)NC(=O)OC(C)(C)C)c(C)c(C(=O)O)c2)ncc1Br. The molecule has 11 nitrogen and oxygen atoms in total. The number of hydrogen-bond acceptors (Lipinski definition) is 8. The van der Waals surface area contributed by atoms with Crippen LogP contribution in [-0.4, -0.2) is 51.3 Å². The van der Waals surface area contributed by atoms with Crippen LogP contribution in [0, 0.1) is 19.3 Å². The van der Waals surface area contributed by atoms with Crippen molar-refractivity contribution in [2.45, 2.75) is 45.8 Å². The van der Waals surface area contributed by atoms with E-state index in [0.29, 0.717) is 10.0 Å². The van der Waals surface area contributed by atoms with Crippen LogP contribution in [0.1, 0.15) is 42.3 Å². The van der Waals surface area contributed by atoms with E-state index < -0.39 is 29.6 Å². The van der Waals surface area contributed by atoms with Crippen molar-refractivity contribution >= 4 is 51.2 Å². The molecule has 4 N–H and O–H groups in total. The normalized spacial score (nSPS) is 11.5. The number of carboxylic acid groups (broad SMARTS) is 1. The molecule has 0 unspecified atom stereocenters. The lowest BCUT2D eigenvalue weighted by Crippen LogP contribution is -2.47. The lowest BCUT2D eigenvalue weighted by atomic mass is 10.0. The van der Waals surface area contributed by atoms with Gasteiger partial charge in [0.25, 0.3) is 0 Å². The smallest absolute Gasteiger partial charge is 0.408 e. The topological polar surface area (TPSA) is 152 Å². The van der Waals surface area contributed by atoms with Crippen molar-refractivity contribution in [1.82, 2.24) is 15.3 Å². The molecule has 41 heavy (non-hydrogen) atoms. The van der Waals surface area contributed by atoms with Crippen LogP contribution in [0.25, 0.3) is 0 Å². The zero-order chi connectivity index (χ0) is 30.2. The Labute approximate surface area is 246 Å². The van der Waals surface area contributed by atoms with Gasteiger partial charge in [-0.25, -0.2) is 14.6 Å². The van der Waals surface area contributed by atoms with Gasteiger partial charge in [0.2, 0.25) is 17.7 Å². The molecule has 1 atom stereocenters. The third-order valence-electron chi connectivity index (χ3n) is 5.45. The summed E-state index contributed by atoms with van der Waals surface area (Å²) in [4.78, 5) is 46.5. The van der Waals surface area contributed by atoms with Crippen LogP contribution in [0.5, 0.6) is 5.88 Å². The summed E-state index contributed by atoms with van der Waals surface area (Å²) >= 11 is 3.28. The van der Waals surface area contributed by atoms with Crippen molar-refractivity contribution in [3.63, 3.8) is 0 Å². The van der Waals surface area contributed by atoms with Crippen LogP contribution in [0.15, 0.2) is 53.1 Å². The average Bonchev–Trinajstić information content (AvgIpc) is 2.89. The molecule has 3 aromatic rings. The molecule has 2 aromatic carbocycles. The van der Waals surface area contributed by atoms with E-state index in [2.05, 4.69) is 47.8 Å². The van der Waals surface area contributed by atoms with E-state index >= 15 is 0 Å². The number of aromatic carboxylic acids is 1. The average molecular weight is 624 g/mol. The second-order valence-electron chi connectivity index (χ2n) is 9.84. The fourth-order valence-corrected chi connectivity index (χ4v) is 3.92. The van der Waals surface area contributed by atoms with Gasteiger partial charge in [0, 0.05) is 17.8 Å². The molecule has 0 radical (unpaired) electrons. The number of terminal acetylenes is 1. The van der Waals surface area contributed by atoms with E-state index in [0.717, 1.165) is 5.56 Å². The van der Waals surface area contributed by atoms with Crippen molar-refractivity contribution in [3.05, 3.63) is 69.8 Å². The highest BCUT2D eigenvalue weighted by Crippen LogP contribution is 2.29. The minimum absolute atomic E-state index is 0.0135. The zero-order valence-corrected chi connectivity index (χ0v) is 24.5. The summed E-state index contributed by atoms with van der Waals surface area (Å²) < 4.78 is 11.2. The number of hydrogen-bond donors (Lipinski definition) is 4. The highest BCUT2D eigenvalue weighted by atomic mass is 79.9. The fraction of sp³-hybridized carbons (Fsp3) is 0.276. The number of anilines is 3. The lowest BCUT2D eigenvalue weighted by Gasteiger charge is -2.24. The first-order valence-corrected chi connectivity index (χ1v) is 13.2. The monoisotopic (exact) mass is 623 g/mol. The van der Waals surface area contributed by atoms with E-state index in [1.54, 1.807) is 33.8 Å². The minimum Gasteiger partial charge on any atom is -0.478 e. The number of ether oxygens (including phenoxy) is 2. The maximum absolute atomic E-state index is 13.5. The molecule has 0 bridgehead atoms. The Morgan fingerprint density at radius 2 is 1.88 bits per heavy atom. The van der Waals surface area contributed by atoms with E-state index in [1.165, 1.54) is 12.3 Å². The van der Waals surface area contributed by atoms with Crippen molar-refractivity contribution < 1.29 is 29.0 Å². The highest BCUT2D eigenvalue weighted by Gasteiger charge is 2.26. The number of nitrogens with zero attached hydrogens (tertiary/aromatic N) is 2. The molecule has 3 rings (SSSR count). The molecule has 0 aliphatic heterocycles. The van der Waals surface area contributed by atoms with Gasteiger partial charge in [-0.1, -0.05) is 36.3 Å². The second kappa shape index (κ2) is 13.6. The van der Waals surface area contributed by atoms with Crippen LogP contribution in [-0.2, 0) is 16.0 Å². The van der Waals surface area contributed by atoms with Crippen molar-refractivity contribution in [2.24, 2.45) is 0 Å². The molecule has 0 aliphatic rings. The predicted molar refractivity (Wildman–Crippen MR) is 157 cm³/mol. The number of benzene rings is 2. The van der Waals surface area contributed by atoms with E-state index in [-0.39, 0.29) is 41.8 Å². The van der Waals surface area contributed by atoms with Crippen LogP contribution < -0.4 is 20.7 Å². The fourth-order valence-electron chi connectivity index (χ4n) is 3.62. The van der Waals surface area contributed by atoms with E-state index in [9.17, 15) is 19.5 Å². The van der Waals surface area contributed by atoms with E-state index in [1.807, 2.05) is 30.3 Å². The van der Waals surface area contributed by atoms with Gasteiger partial charge in [-0.15, -0.1) is 6.42 Å². The number of halogens is 1. The first-order chi connectivity index (χ1) is 19.4. The standard InChI is InChI=1S/C29H30BrN5O6/c1-6-12-40-25-21(30)16-31-27(35-25)32-19-14-20(26(37)38)17(2)22(15-19)33-24(36)23(13-18-10-8-7-9-11-18)34-28(39)41-29(3,4)5/h1,7-11,14-16,23H,12-13H2,2-5H3,(H,33,36)(H,34,39)(H,37,38)(H,31,32,35)/t23-/m1/s1. The van der Waals surface area contributed by atoms with Crippen LogP contribution >= 0.6 is 15.9 Å². The molecule has 2 amide bonds. The lowest BCUT2D eigenvalue weighted by molar-refractivity contribution is -0.118. The van der Waals surface area contributed by atoms with Gasteiger partial charge in [0.15, 0.2) is 6.61 Å². The van der Waals surface area contributed by atoms with Crippen LogP contribution in [0.2, 0.25) is 0 Å². The molecule has 0 aliphatic carbocycles. The molecular weight excluding hydrogens is 594 g/mol. The van der Waals surface area contributed by atoms with Crippen LogP contribution in [0.3, 0.4) is 0 Å². The van der Waals surface area contributed by atoms with Gasteiger partial charge >= 0.3 is 12.1 Å². The number of amides is 2. The predicted octanol–water partition coefficient (Wildman–Crippen LogP) is 5.08. The van der Waals surface area contributed by atoms with Crippen LogP contribution in [0.4, 0.5) is 22.1 Å². The summed E-state index contributed by atoms with van der Waals surface area (Å²) in [5, 5.41) is 18.2. The number of carbonyl (C=O) groups is 3. The van der Waals surface area contributed by atoms with Crippen molar-refractivity contribution in [1.29, 1.82) is 0 Å². The third kappa shape index (κ3) is 9.22. The first-order valence-electron chi connectivity index (χ1n) is 12.4. The molecule has 0 saturated carbocycles. The molecule has 0 fully saturated rings. The number of rotatable bonds is 10. The molecular formula is C29H30BrN5O6. The van der Waals surface area contributed by atoms with Gasteiger partial charge in [-0.2, -0.15) is 4.98 Å². The number of carboxylic acids is 1. The molecule has 1 heterocycles. The first kappa shape index (κ1) is 30.9. The summed E-state index contributed by atoms with van der Waals surface area (Å²) in [6, 6.07) is 11.1. The quantitative estimate of drug-likeness (QED) is 0.227. The van der Waals surface area contributed by atoms with Crippen molar-refractivity contribution in [2.75, 3.05) is 17.2 Å². The summed E-state index contributed by atoms with van der Waals surface area (Å²) in [7, 11) is 0. The summed E-state index contributed by atoms with van der Waals surface area (Å²) in [6.07, 6.45) is 6.11. The van der Waals surface area contributed by atoms with Gasteiger partial charge in [-0.05, 0) is 66.9 Å². The Kier molecular flexibility index (Phi) is 10.3. The Morgan fingerprint density at radius 1 is 1.17 bits per heavy atom. The Balaban J connectivity index is 1.92. The van der Waals surface area contributed by atoms with Gasteiger partial charge in [0.05, 0.1) is 16.2 Å². The molecule has 1 aromatic heterocycles. The van der Waals surface area contributed by atoms with Gasteiger partial charge in [0.1, 0.15) is 11.6 Å². The molecule has 0 spiro atoms. The number of nitrogens with one attached hydrogen (secondary N) is 3. The number of carbonyl (C=O) groups excluding carboxylic acids is 2. The largest absolute Gasteiger partial charge is 0.478 e. The summed E-state index contributed by atoms with van der Waals surface area (Å²) in [5.41, 5.74) is 0.770. The Morgan fingerprint density at radius 3 is 2.51 bits per heavy atom. The maximum Gasteiger partial charge on any atom is 0.408 e. The Bertz CT molecular complexity index is 1470. The highest BCUT2D eigenvalue weighted by molar-refractivity contribution is 9.10. The third-order valence-corrected chi connectivity index (χ3v) is 5.99. The maximum atomic E-state index is 13.5. The zero-order valence-electron chi connectivity index (χ0n) is 22.9. The minimum atomic E-state index is -1.20. The molecule has 214 valence electrons. The second-order valence-corrected chi connectivity index (χ2v) is 10.7. The number of alkyl carbamates (subject to hydrolysis) is 1. The Hall–Kier alpha value is -4.63. The van der Waals surface area contributed by atoms with Crippen molar-refractivity contribution in [3.8, 4) is 18.2 Å². The summed E-state index contributed by atoms with van der Waals surface area (Å²) in [5.74, 6) is 0.869.